The molecular formula is C24H25N7O3. The lowest BCUT2D eigenvalue weighted by Crippen LogP contribution is -2.50. The summed E-state index contributed by atoms with van der Waals surface area (Å²) in [5, 5.41) is 8.66. The smallest absolute Gasteiger partial charge is 0.260 e. The number of piperazine rings is 1. The second-order valence-electron chi connectivity index (χ2n) is 7.93. The van der Waals surface area contributed by atoms with Gasteiger partial charge in [-0.15, -0.1) is 5.10 Å². The van der Waals surface area contributed by atoms with E-state index < -0.39 is 0 Å². The summed E-state index contributed by atoms with van der Waals surface area (Å²) in [6.45, 7) is 3.03. The van der Waals surface area contributed by atoms with Gasteiger partial charge in [0.1, 0.15) is 17.8 Å². The molecule has 0 atom stereocenters. The second kappa shape index (κ2) is 9.74. The predicted molar refractivity (Wildman–Crippen MR) is 126 cm³/mol. The van der Waals surface area contributed by atoms with E-state index in [4.69, 9.17) is 9.47 Å². The fourth-order valence-electron chi connectivity index (χ4n) is 3.95. The van der Waals surface area contributed by atoms with Crippen molar-refractivity contribution >= 4 is 22.9 Å². The molecule has 1 aliphatic heterocycles. The highest BCUT2D eigenvalue weighted by molar-refractivity contribution is 5.83. The first-order valence-corrected chi connectivity index (χ1v) is 11.1. The number of benzene rings is 2. The van der Waals surface area contributed by atoms with Gasteiger partial charge in [0, 0.05) is 26.2 Å². The molecule has 4 aromatic rings. The third kappa shape index (κ3) is 4.61. The van der Waals surface area contributed by atoms with Gasteiger partial charge in [-0.3, -0.25) is 4.79 Å². The molecule has 1 fully saturated rings. The molecule has 5 rings (SSSR count). The highest BCUT2D eigenvalue weighted by Crippen LogP contribution is 2.22. The minimum Gasteiger partial charge on any atom is -0.497 e. The van der Waals surface area contributed by atoms with Crippen molar-refractivity contribution in [1.29, 1.82) is 0 Å². The molecule has 2 aromatic carbocycles. The van der Waals surface area contributed by atoms with Crippen molar-refractivity contribution in [3.05, 3.63) is 66.5 Å². The van der Waals surface area contributed by atoms with Gasteiger partial charge < -0.3 is 19.3 Å². The maximum absolute atomic E-state index is 12.6. The van der Waals surface area contributed by atoms with Crippen LogP contribution in [0.2, 0.25) is 0 Å². The summed E-state index contributed by atoms with van der Waals surface area (Å²) in [6.07, 6.45) is 1.54. The molecule has 1 amide bonds. The van der Waals surface area contributed by atoms with Crippen LogP contribution in [-0.2, 0) is 11.3 Å². The molecule has 0 spiro atoms. The van der Waals surface area contributed by atoms with E-state index in [1.54, 1.807) is 42.4 Å². The first kappa shape index (κ1) is 21.6. The SMILES string of the molecule is COc1ccc(OCC(=O)N2CCN(c3ncnc4c3nnn4Cc3ccccc3)CC2)cc1. The Labute approximate surface area is 196 Å². The van der Waals surface area contributed by atoms with Crippen LogP contribution in [0.15, 0.2) is 60.9 Å². The zero-order chi connectivity index (χ0) is 23.3. The van der Waals surface area contributed by atoms with Gasteiger partial charge in [-0.05, 0) is 29.8 Å². The molecule has 174 valence electrons. The number of nitrogens with zero attached hydrogens (tertiary/aromatic N) is 7. The van der Waals surface area contributed by atoms with E-state index in [1.807, 2.05) is 35.2 Å². The third-order valence-corrected chi connectivity index (χ3v) is 5.81. The van der Waals surface area contributed by atoms with Gasteiger partial charge in [-0.1, -0.05) is 35.5 Å². The molecule has 0 unspecified atom stereocenters. The highest BCUT2D eigenvalue weighted by Gasteiger charge is 2.25. The Kier molecular flexibility index (Phi) is 6.19. The Balaban J connectivity index is 1.20. The number of hydrogen-bond donors (Lipinski definition) is 0. The fourth-order valence-corrected chi connectivity index (χ4v) is 3.95. The van der Waals surface area contributed by atoms with E-state index in [2.05, 4.69) is 25.2 Å². The van der Waals surface area contributed by atoms with Crippen LogP contribution in [0.4, 0.5) is 5.82 Å². The van der Waals surface area contributed by atoms with Crippen LogP contribution in [0.25, 0.3) is 11.2 Å². The number of anilines is 1. The lowest BCUT2D eigenvalue weighted by Gasteiger charge is -2.35. The normalized spacial score (nSPS) is 13.8. The molecule has 2 aromatic heterocycles. The van der Waals surface area contributed by atoms with Gasteiger partial charge in [0.05, 0.1) is 13.7 Å². The zero-order valence-corrected chi connectivity index (χ0v) is 18.9. The van der Waals surface area contributed by atoms with Crippen molar-refractivity contribution in [3.8, 4) is 11.5 Å². The summed E-state index contributed by atoms with van der Waals surface area (Å²) in [5.41, 5.74) is 2.49. The number of rotatable bonds is 7. The maximum atomic E-state index is 12.6. The average Bonchev–Trinajstić information content (AvgIpc) is 3.31. The summed E-state index contributed by atoms with van der Waals surface area (Å²) >= 11 is 0. The predicted octanol–water partition coefficient (Wildman–Crippen LogP) is 2.01. The van der Waals surface area contributed by atoms with Crippen LogP contribution in [0, 0.1) is 0 Å². The lowest BCUT2D eigenvalue weighted by atomic mass is 10.2. The summed E-state index contributed by atoms with van der Waals surface area (Å²) in [6, 6.07) is 17.3. The molecule has 3 heterocycles. The third-order valence-electron chi connectivity index (χ3n) is 5.81. The van der Waals surface area contributed by atoms with E-state index in [0.29, 0.717) is 49.6 Å². The summed E-state index contributed by atoms with van der Waals surface area (Å²) < 4.78 is 12.6. The average molecular weight is 460 g/mol. The van der Waals surface area contributed by atoms with Crippen molar-refractivity contribution in [3.63, 3.8) is 0 Å². The quantitative estimate of drug-likeness (QED) is 0.414. The van der Waals surface area contributed by atoms with Crippen molar-refractivity contribution in [2.75, 3.05) is 44.8 Å². The standard InChI is InChI=1S/C24H25N7O3/c1-33-19-7-9-20(10-8-19)34-16-21(32)29-11-13-30(14-12-29)23-22-24(26-17-25-23)31(28-27-22)15-18-5-3-2-4-6-18/h2-10,17H,11-16H2,1H3. The topological polar surface area (TPSA) is 98.5 Å². The van der Waals surface area contributed by atoms with E-state index in [9.17, 15) is 4.79 Å². The summed E-state index contributed by atoms with van der Waals surface area (Å²) in [7, 11) is 1.61. The molecule has 0 bridgehead atoms. The number of amides is 1. The fraction of sp³-hybridized carbons (Fsp3) is 0.292. The minimum atomic E-state index is -0.0443. The van der Waals surface area contributed by atoms with Crippen molar-refractivity contribution < 1.29 is 14.3 Å². The van der Waals surface area contributed by atoms with E-state index in [-0.39, 0.29) is 12.5 Å². The molecule has 10 nitrogen and oxygen atoms in total. The number of carbonyl (C=O) groups excluding carboxylic acids is 1. The Morgan fingerprint density at radius 2 is 1.68 bits per heavy atom. The molecule has 1 aliphatic rings. The number of hydrogen-bond acceptors (Lipinski definition) is 8. The molecule has 0 N–H and O–H groups in total. The molecule has 0 aliphatic carbocycles. The number of methoxy groups -OCH3 is 1. The first-order valence-electron chi connectivity index (χ1n) is 11.1. The van der Waals surface area contributed by atoms with Crippen LogP contribution in [0.5, 0.6) is 11.5 Å². The summed E-state index contributed by atoms with van der Waals surface area (Å²) in [5.74, 6) is 2.08. The molecule has 1 saturated heterocycles. The largest absolute Gasteiger partial charge is 0.497 e. The lowest BCUT2D eigenvalue weighted by molar-refractivity contribution is -0.133. The molecule has 0 radical (unpaired) electrons. The van der Waals surface area contributed by atoms with Crippen molar-refractivity contribution in [2.24, 2.45) is 0 Å². The zero-order valence-electron chi connectivity index (χ0n) is 18.9. The van der Waals surface area contributed by atoms with Crippen LogP contribution < -0.4 is 14.4 Å². The van der Waals surface area contributed by atoms with Crippen LogP contribution in [0.1, 0.15) is 5.56 Å². The Morgan fingerprint density at radius 3 is 2.41 bits per heavy atom. The molecule has 34 heavy (non-hydrogen) atoms. The van der Waals surface area contributed by atoms with E-state index in [0.717, 1.165) is 17.1 Å². The highest BCUT2D eigenvalue weighted by atomic mass is 16.5. The van der Waals surface area contributed by atoms with Gasteiger partial charge in [-0.2, -0.15) is 0 Å². The van der Waals surface area contributed by atoms with Crippen LogP contribution in [-0.4, -0.2) is 75.7 Å². The summed E-state index contributed by atoms with van der Waals surface area (Å²) in [4.78, 5) is 25.5. The Bertz CT molecular complexity index is 1250. The molecule has 0 saturated carbocycles. The number of fused-ring (bicyclic) bond motifs is 1. The van der Waals surface area contributed by atoms with Gasteiger partial charge >= 0.3 is 0 Å². The maximum Gasteiger partial charge on any atom is 0.260 e. The van der Waals surface area contributed by atoms with E-state index >= 15 is 0 Å². The Hall–Kier alpha value is -4.21. The van der Waals surface area contributed by atoms with Crippen molar-refractivity contribution in [1.82, 2.24) is 29.9 Å². The second-order valence-corrected chi connectivity index (χ2v) is 7.93. The van der Waals surface area contributed by atoms with Gasteiger partial charge in [0.25, 0.3) is 5.91 Å². The van der Waals surface area contributed by atoms with Crippen LogP contribution in [0.3, 0.4) is 0 Å². The van der Waals surface area contributed by atoms with Crippen molar-refractivity contribution in [2.45, 2.75) is 6.54 Å². The number of ether oxygens (including phenoxy) is 2. The number of aromatic nitrogens is 5. The van der Waals surface area contributed by atoms with Gasteiger partial charge in [0.2, 0.25) is 0 Å². The first-order chi connectivity index (χ1) is 16.7. The minimum absolute atomic E-state index is 0.00209. The molecule has 10 heteroatoms. The van der Waals surface area contributed by atoms with E-state index in [1.165, 1.54) is 0 Å². The molecular weight excluding hydrogens is 434 g/mol. The number of carbonyl (C=O) groups is 1. The van der Waals surface area contributed by atoms with Crippen LogP contribution >= 0.6 is 0 Å². The monoisotopic (exact) mass is 459 g/mol. The van der Waals surface area contributed by atoms with Gasteiger partial charge in [-0.25, -0.2) is 14.6 Å². The van der Waals surface area contributed by atoms with Gasteiger partial charge in [0.15, 0.2) is 23.6 Å². The Morgan fingerprint density at radius 1 is 0.941 bits per heavy atom.